The predicted octanol–water partition coefficient (Wildman–Crippen LogP) is 1.36. The maximum atomic E-state index is 8.60. The lowest BCUT2D eigenvalue weighted by Crippen LogP contribution is -1.91. The number of rotatable bonds is 1. The fraction of sp³-hybridized carbons (Fsp3) is 0.200. The summed E-state index contributed by atoms with van der Waals surface area (Å²) in [5.41, 5.74) is 2.83. The zero-order valence-electron chi connectivity index (χ0n) is 8.44. The van der Waals surface area contributed by atoms with Gasteiger partial charge in [0.1, 0.15) is 11.8 Å². The molecule has 0 unspecified atom stereocenters. The van der Waals surface area contributed by atoms with E-state index >= 15 is 0 Å². The quantitative estimate of drug-likeness (QED) is 0.752. The summed E-state index contributed by atoms with van der Waals surface area (Å²) < 4.78 is 0. The number of nitrogens with one attached hydrogen (secondary N) is 1. The Balaban J connectivity index is 2.50. The first-order chi connectivity index (χ1) is 7.20. The smallest absolute Gasteiger partial charge is 0.252 e. The summed E-state index contributed by atoms with van der Waals surface area (Å²) in [4.78, 5) is 8.25. The molecule has 0 saturated heterocycles. The molecule has 0 atom stereocenters. The minimum Gasteiger partial charge on any atom is -0.257 e. The maximum Gasteiger partial charge on any atom is 0.252 e. The average molecular weight is 199 g/mol. The minimum absolute atomic E-state index is 0.131. The van der Waals surface area contributed by atoms with Crippen molar-refractivity contribution in [2.45, 2.75) is 13.8 Å². The number of pyridine rings is 1. The third kappa shape index (κ3) is 1.70. The first-order valence-corrected chi connectivity index (χ1v) is 4.47. The number of hydrogen-bond donors (Lipinski definition) is 1. The fourth-order valence-corrected chi connectivity index (χ4v) is 1.38. The van der Waals surface area contributed by atoms with Gasteiger partial charge >= 0.3 is 0 Å². The van der Waals surface area contributed by atoms with E-state index in [-0.39, 0.29) is 5.82 Å². The van der Waals surface area contributed by atoms with Crippen LogP contribution in [-0.4, -0.2) is 20.2 Å². The third-order valence-corrected chi connectivity index (χ3v) is 2.02. The molecule has 0 fully saturated rings. The van der Waals surface area contributed by atoms with Crippen molar-refractivity contribution in [2.24, 2.45) is 0 Å². The molecule has 0 amide bonds. The lowest BCUT2D eigenvalue weighted by molar-refractivity contribution is 1.06. The zero-order chi connectivity index (χ0) is 10.8. The molecule has 0 aliphatic heterocycles. The van der Waals surface area contributed by atoms with E-state index in [1.54, 1.807) is 6.20 Å². The monoisotopic (exact) mass is 199 g/mol. The van der Waals surface area contributed by atoms with Crippen LogP contribution in [0.4, 0.5) is 0 Å². The lowest BCUT2D eigenvalue weighted by atomic mass is 10.1. The average Bonchev–Trinajstić information content (AvgIpc) is 2.66. The Kier molecular flexibility index (Phi) is 2.18. The number of hydrogen-bond acceptors (Lipinski definition) is 4. The highest BCUT2D eigenvalue weighted by Gasteiger charge is 2.08. The van der Waals surface area contributed by atoms with Gasteiger partial charge in [-0.2, -0.15) is 10.2 Å². The summed E-state index contributed by atoms with van der Waals surface area (Å²) in [6.07, 6.45) is 1.76. The van der Waals surface area contributed by atoms with E-state index in [4.69, 9.17) is 5.26 Å². The second kappa shape index (κ2) is 3.50. The van der Waals surface area contributed by atoms with Crippen molar-refractivity contribution in [1.29, 1.82) is 5.26 Å². The Morgan fingerprint density at radius 3 is 2.80 bits per heavy atom. The zero-order valence-corrected chi connectivity index (χ0v) is 8.44. The van der Waals surface area contributed by atoms with Gasteiger partial charge in [-0.15, -0.1) is 5.10 Å². The summed E-state index contributed by atoms with van der Waals surface area (Å²) in [7, 11) is 0. The van der Waals surface area contributed by atoms with Crippen LogP contribution in [0.15, 0.2) is 12.3 Å². The van der Waals surface area contributed by atoms with Gasteiger partial charge in [0.2, 0.25) is 0 Å². The summed E-state index contributed by atoms with van der Waals surface area (Å²) in [5.74, 6) is 0.663. The molecule has 15 heavy (non-hydrogen) atoms. The van der Waals surface area contributed by atoms with Crippen LogP contribution in [0.3, 0.4) is 0 Å². The van der Waals surface area contributed by atoms with E-state index in [1.807, 2.05) is 26.0 Å². The number of aryl methyl sites for hydroxylation is 2. The fourth-order valence-electron chi connectivity index (χ4n) is 1.38. The summed E-state index contributed by atoms with van der Waals surface area (Å²) in [5, 5.41) is 15.0. The molecule has 2 rings (SSSR count). The number of H-pyrrole nitrogens is 1. The summed E-state index contributed by atoms with van der Waals surface area (Å²) >= 11 is 0. The van der Waals surface area contributed by atoms with Gasteiger partial charge in [-0.25, -0.2) is 0 Å². The van der Waals surface area contributed by atoms with Crippen LogP contribution in [0.25, 0.3) is 11.5 Å². The summed E-state index contributed by atoms with van der Waals surface area (Å²) in [6, 6.07) is 3.88. The first-order valence-electron chi connectivity index (χ1n) is 4.47. The van der Waals surface area contributed by atoms with Crippen LogP contribution < -0.4 is 0 Å². The highest BCUT2D eigenvalue weighted by molar-refractivity contribution is 5.54. The van der Waals surface area contributed by atoms with Crippen molar-refractivity contribution in [1.82, 2.24) is 20.2 Å². The number of aromatic nitrogens is 4. The highest BCUT2D eigenvalue weighted by atomic mass is 15.2. The van der Waals surface area contributed by atoms with E-state index in [2.05, 4.69) is 20.2 Å². The predicted molar refractivity (Wildman–Crippen MR) is 53.8 cm³/mol. The molecule has 0 radical (unpaired) electrons. The molecule has 2 aromatic rings. The molecule has 0 aliphatic rings. The second-order valence-corrected chi connectivity index (χ2v) is 3.30. The Hall–Kier alpha value is -2.22. The molecule has 5 heteroatoms. The van der Waals surface area contributed by atoms with Gasteiger partial charge in [-0.05, 0) is 25.0 Å². The molecule has 0 aliphatic carbocycles. The van der Waals surface area contributed by atoms with E-state index in [0.29, 0.717) is 5.82 Å². The highest BCUT2D eigenvalue weighted by Crippen LogP contribution is 2.17. The van der Waals surface area contributed by atoms with Gasteiger partial charge in [-0.3, -0.25) is 10.1 Å². The third-order valence-electron chi connectivity index (χ3n) is 2.02. The Labute approximate surface area is 86.8 Å². The molecular formula is C10H9N5. The van der Waals surface area contributed by atoms with Crippen molar-refractivity contribution in [3.8, 4) is 17.6 Å². The van der Waals surface area contributed by atoms with E-state index in [1.165, 1.54) is 0 Å². The molecular weight excluding hydrogens is 190 g/mol. The Bertz CT molecular complexity index is 535. The van der Waals surface area contributed by atoms with Gasteiger partial charge in [0.05, 0.1) is 0 Å². The van der Waals surface area contributed by atoms with Crippen LogP contribution in [0.2, 0.25) is 0 Å². The molecule has 74 valence electrons. The van der Waals surface area contributed by atoms with Crippen LogP contribution in [0.5, 0.6) is 0 Å². The largest absolute Gasteiger partial charge is 0.257 e. The summed E-state index contributed by atoms with van der Waals surface area (Å²) in [6.45, 7) is 3.93. The second-order valence-electron chi connectivity index (χ2n) is 3.30. The van der Waals surface area contributed by atoms with Gasteiger partial charge < -0.3 is 0 Å². The standard InChI is InChI=1S/C10H9N5/c1-6-3-7(2)9(12-5-6)10-13-8(4-11)14-15-10/h3,5H,1-2H3,(H,13,14,15). The maximum absolute atomic E-state index is 8.60. The van der Waals surface area contributed by atoms with Crippen molar-refractivity contribution in [3.05, 3.63) is 29.2 Å². The van der Waals surface area contributed by atoms with Gasteiger partial charge in [0, 0.05) is 6.20 Å². The van der Waals surface area contributed by atoms with Crippen LogP contribution in [0.1, 0.15) is 17.0 Å². The SMILES string of the molecule is Cc1cnc(-c2nc(C#N)n[nH]2)c(C)c1. The molecule has 0 aromatic carbocycles. The molecule has 0 bridgehead atoms. The Morgan fingerprint density at radius 2 is 2.20 bits per heavy atom. The van der Waals surface area contributed by atoms with Gasteiger partial charge in [-0.1, -0.05) is 6.07 Å². The van der Waals surface area contributed by atoms with E-state index in [0.717, 1.165) is 16.8 Å². The molecule has 2 heterocycles. The number of nitrogens with zero attached hydrogens (tertiary/aromatic N) is 4. The van der Waals surface area contributed by atoms with Crippen molar-refractivity contribution in [3.63, 3.8) is 0 Å². The van der Waals surface area contributed by atoms with E-state index < -0.39 is 0 Å². The topological polar surface area (TPSA) is 78.2 Å². The number of nitriles is 1. The van der Waals surface area contributed by atoms with Crippen LogP contribution in [-0.2, 0) is 0 Å². The van der Waals surface area contributed by atoms with Gasteiger partial charge in [0.15, 0.2) is 5.82 Å². The van der Waals surface area contributed by atoms with Crippen LogP contribution >= 0.6 is 0 Å². The lowest BCUT2D eigenvalue weighted by Gasteiger charge is -2.01. The molecule has 2 aromatic heterocycles. The first kappa shape index (κ1) is 9.34. The minimum atomic E-state index is 0.131. The molecule has 0 saturated carbocycles. The molecule has 1 N–H and O–H groups in total. The number of aromatic amines is 1. The van der Waals surface area contributed by atoms with Crippen molar-refractivity contribution < 1.29 is 0 Å². The van der Waals surface area contributed by atoms with Crippen molar-refractivity contribution >= 4 is 0 Å². The molecule has 0 spiro atoms. The van der Waals surface area contributed by atoms with Gasteiger partial charge in [0.25, 0.3) is 5.82 Å². The van der Waals surface area contributed by atoms with E-state index in [9.17, 15) is 0 Å². The van der Waals surface area contributed by atoms with Crippen molar-refractivity contribution in [2.75, 3.05) is 0 Å². The molecule has 5 nitrogen and oxygen atoms in total. The normalized spacial score (nSPS) is 9.93. The Morgan fingerprint density at radius 1 is 1.40 bits per heavy atom. The van der Waals surface area contributed by atoms with Crippen LogP contribution in [0, 0.1) is 25.2 Å².